The Morgan fingerprint density at radius 2 is 1.67 bits per heavy atom. The van der Waals surface area contributed by atoms with Gasteiger partial charge in [0.1, 0.15) is 5.82 Å². The van der Waals surface area contributed by atoms with E-state index >= 15 is 0 Å². The number of aromatic nitrogens is 1. The lowest BCUT2D eigenvalue weighted by atomic mass is 10.1. The Hall–Kier alpha value is -3.60. The number of amides is 2. The second kappa shape index (κ2) is 7.33. The van der Waals surface area contributed by atoms with Crippen LogP contribution < -0.4 is 10.6 Å². The Kier molecular flexibility index (Phi) is 4.58. The fraction of sp³-hybridized carbons (Fsp3) is 0.0455. The third-order valence-electron chi connectivity index (χ3n) is 4.35. The van der Waals surface area contributed by atoms with Crippen LogP contribution in [0.2, 0.25) is 0 Å². The number of halogens is 1. The number of rotatable bonds is 4. The number of benzene rings is 3. The van der Waals surface area contributed by atoms with E-state index in [0.717, 1.165) is 27.7 Å². The highest BCUT2D eigenvalue weighted by Gasteiger charge is 2.05. The van der Waals surface area contributed by atoms with E-state index in [2.05, 4.69) is 27.8 Å². The highest BCUT2D eigenvalue weighted by Crippen LogP contribution is 2.25. The zero-order chi connectivity index (χ0) is 18.6. The van der Waals surface area contributed by atoms with Gasteiger partial charge in [-0.05, 0) is 47.5 Å². The van der Waals surface area contributed by atoms with E-state index in [0.29, 0.717) is 12.2 Å². The van der Waals surface area contributed by atoms with Crippen molar-refractivity contribution in [1.82, 2.24) is 10.3 Å². The number of H-pyrrole nitrogens is 1. The van der Waals surface area contributed by atoms with Gasteiger partial charge in [0.25, 0.3) is 0 Å². The van der Waals surface area contributed by atoms with Gasteiger partial charge in [-0.1, -0.05) is 42.5 Å². The van der Waals surface area contributed by atoms with Crippen molar-refractivity contribution >= 4 is 22.6 Å². The first-order valence-electron chi connectivity index (χ1n) is 8.65. The molecule has 0 aliphatic heterocycles. The lowest BCUT2D eigenvalue weighted by molar-refractivity contribution is 0.251. The molecule has 4 rings (SSSR count). The molecule has 2 amide bonds. The Balaban J connectivity index is 1.38. The predicted molar refractivity (Wildman–Crippen MR) is 106 cm³/mol. The Bertz CT molecular complexity index is 1040. The summed E-state index contributed by atoms with van der Waals surface area (Å²) in [7, 11) is 0. The summed E-state index contributed by atoms with van der Waals surface area (Å²) in [6.45, 7) is 0.333. The largest absolute Gasteiger partial charge is 0.355 e. The van der Waals surface area contributed by atoms with E-state index in [1.807, 2.05) is 42.5 Å². The molecule has 0 atom stereocenters. The van der Waals surface area contributed by atoms with Gasteiger partial charge in [0.05, 0.1) is 0 Å². The van der Waals surface area contributed by atoms with Gasteiger partial charge < -0.3 is 15.6 Å². The lowest BCUT2D eigenvalue weighted by Crippen LogP contribution is -2.28. The maximum Gasteiger partial charge on any atom is 0.319 e. The van der Waals surface area contributed by atoms with E-state index < -0.39 is 0 Å². The quantitative estimate of drug-likeness (QED) is 0.455. The summed E-state index contributed by atoms with van der Waals surface area (Å²) >= 11 is 0. The van der Waals surface area contributed by atoms with Gasteiger partial charge in [0, 0.05) is 28.8 Å². The number of carbonyl (C=O) groups excluding carboxylic acids is 1. The third-order valence-corrected chi connectivity index (χ3v) is 4.35. The summed E-state index contributed by atoms with van der Waals surface area (Å²) in [6, 6.07) is 23.6. The first kappa shape index (κ1) is 16.8. The molecular weight excluding hydrogens is 341 g/mol. The van der Waals surface area contributed by atoms with Crippen molar-refractivity contribution in [2.45, 2.75) is 6.54 Å². The minimum atomic E-state index is -0.308. The molecule has 0 unspecified atom stereocenters. The van der Waals surface area contributed by atoms with Crippen LogP contribution in [-0.4, -0.2) is 11.0 Å². The molecule has 5 heteroatoms. The van der Waals surface area contributed by atoms with Crippen LogP contribution in [0.4, 0.5) is 14.9 Å². The zero-order valence-electron chi connectivity index (χ0n) is 14.5. The van der Waals surface area contributed by atoms with Crippen LogP contribution in [0.3, 0.4) is 0 Å². The van der Waals surface area contributed by atoms with Crippen molar-refractivity contribution in [1.29, 1.82) is 0 Å². The first-order valence-corrected chi connectivity index (χ1v) is 8.65. The topological polar surface area (TPSA) is 56.9 Å². The number of urea groups is 1. The molecule has 0 fully saturated rings. The summed E-state index contributed by atoms with van der Waals surface area (Å²) < 4.78 is 12.9. The van der Waals surface area contributed by atoms with Crippen LogP contribution in [0.1, 0.15) is 5.56 Å². The van der Waals surface area contributed by atoms with Crippen LogP contribution in [0.15, 0.2) is 78.9 Å². The van der Waals surface area contributed by atoms with Crippen molar-refractivity contribution < 1.29 is 9.18 Å². The van der Waals surface area contributed by atoms with E-state index in [4.69, 9.17) is 0 Å². The second-order valence-electron chi connectivity index (χ2n) is 6.28. The molecule has 0 saturated carbocycles. The standard InChI is InChI=1S/C22H18FN3O/c23-18-9-5-15(6-10-18)14-24-22(27)25-19-11-7-16(8-12-19)21-13-17-3-1-2-4-20(17)26-21/h1-13,26H,14H2,(H2,24,25,27). The smallest absolute Gasteiger partial charge is 0.319 e. The van der Waals surface area contributed by atoms with Crippen molar-refractivity contribution in [2.24, 2.45) is 0 Å². The van der Waals surface area contributed by atoms with Crippen molar-refractivity contribution in [3.8, 4) is 11.3 Å². The summed E-state index contributed by atoms with van der Waals surface area (Å²) in [5.74, 6) is -0.293. The highest BCUT2D eigenvalue weighted by atomic mass is 19.1. The van der Waals surface area contributed by atoms with Crippen LogP contribution in [-0.2, 0) is 6.54 Å². The van der Waals surface area contributed by atoms with Gasteiger partial charge >= 0.3 is 6.03 Å². The lowest BCUT2D eigenvalue weighted by Gasteiger charge is -2.08. The Morgan fingerprint density at radius 3 is 2.41 bits per heavy atom. The maximum absolute atomic E-state index is 12.9. The van der Waals surface area contributed by atoms with E-state index in [9.17, 15) is 9.18 Å². The van der Waals surface area contributed by atoms with Gasteiger partial charge in [0.15, 0.2) is 0 Å². The fourth-order valence-corrected chi connectivity index (χ4v) is 2.92. The normalized spacial score (nSPS) is 10.7. The molecule has 0 aliphatic rings. The molecule has 0 bridgehead atoms. The summed E-state index contributed by atoms with van der Waals surface area (Å²) in [6.07, 6.45) is 0. The van der Waals surface area contributed by atoms with Gasteiger partial charge in [-0.15, -0.1) is 0 Å². The molecule has 0 radical (unpaired) electrons. The minimum absolute atomic E-state index is 0.293. The fourth-order valence-electron chi connectivity index (χ4n) is 2.92. The molecule has 0 saturated heterocycles. The monoisotopic (exact) mass is 359 g/mol. The number of hydrogen-bond donors (Lipinski definition) is 3. The molecule has 4 nitrogen and oxygen atoms in total. The second-order valence-corrected chi connectivity index (χ2v) is 6.28. The molecule has 0 spiro atoms. The molecular formula is C22H18FN3O. The van der Waals surface area contributed by atoms with Crippen LogP contribution in [0, 0.1) is 5.82 Å². The Morgan fingerprint density at radius 1 is 0.926 bits per heavy atom. The molecule has 1 aromatic heterocycles. The van der Waals surface area contributed by atoms with Crippen LogP contribution >= 0.6 is 0 Å². The zero-order valence-corrected chi connectivity index (χ0v) is 14.5. The van der Waals surface area contributed by atoms with E-state index in [-0.39, 0.29) is 11.8 Å². The van der Waals surface area contributed by atoms with Crippen molar-refractivity contribution in [2.75, 3.05) is 5.32 Å². The average Bonchev–Trinajstić information content (AvgIpc) is 3.12. The molecule has 27 heavy (non-hydrogen) atoms. The number of para-hydroxylation sites is 1. The van der Waals surface area contributed by atoms with Gasteiger partial charge in [0.2, 0.25) is 0 Å². The number of fused-ring (bicyclic) bond motifs is 1. The van der Waals surface area contributed by atoms with Crippen LogP contribution in [0.5, 0.6) is 0 Å². The predicted octanol–water partition coefficient (Wildman–Crippen LogP) is 5.30. The minimum Gasteiger partial charge on any atom is -0.355 e. The third kappa shape index (κ3) is 3.98. The first-order chi connectivity index (χ1) is 13.2. The molecule has 4 aromatic rings. The maximum atomic E-state index is 12.9. The summed E-state index contributed by atoms with van der Waals surface area (Å²) in [5, 5.41) is 6.71. The van der Waals surface area contributed by atoms with E-state index in [1.165, 1.54) is 12.1 Å². The average molecular weight is 359 g/mol. The van der Waals surface area contributed by atoms with Crippen molar-refractivity contribution in [3.05, 3.63) is 90.2 Å². The van der Waals surface area contributed by atoms with E-state index in [1.54, 1.807) is 12.1 Å². The molecule has 134 valence electrons. The molecule has 1 heterocycles. The Labute approximate surface area is 156 Å². The molecule has 3 N–H and O–H groups in total. The van der Waals surface area contributed by atoms with Crippen LogP contribution in [0.25, 0.3) is 22.2 Å². The number of hydrogen-bond acceptors (Lipinski definition) is 1. The van der Waals surface area contributed by atoms with Gasteiger partial charge in [-0.25, -0.2) is 9.18 Å². The number of aromatic amines is 1. The summed E-state index contributed by atoms with van der Waals surface area (Å²) in [4.78, 5) is 15.4. The summed E-state index contributed by atoms with van der Waals surface area (Å²) in [5.41, 5.74) is 4.70. The van der Waals surface area contributed by atoms with Gasteiger partial charge in [-0.2, -0.15) is 0 Å². The number of carbonyl (C=O) groups is 1. The molecule has 0 aliphatic carbocycles. The SMILES string of the molecule is O=C(NCc1ccc(F)cc1)Nc1ccc(-c2cc3ccccc3[nH]2)cc1. The van der Waals surface area contributed by atoms with Gasteiger partial charge in [-0.3, -0.25) is 0 Å². The number of anilines is 1. The number of nitrogens with one attached hydrogen (secondary N) is 3. The highest BCUT2D eigenvalue weighted by molar-refractivity contribution is 5.90. The van der Waals surface area contributed by atoms with Crippen molar-refractivity contribution in [3.63, 3.8) is 0 Å². The molecule has 3 aromatic carbocycles.